The number of urea groups is 1. The number of nitrogens with one attached hydrogen (secondary N) is 2. The van der Waals surface area contributed by atoms with Gasteiger partial charge in [0, 0.05) is 6.42 Å². The molecule has 144 valence electrons. The van der Waals surface area contributed by atoms with Crippen molar-refractivity contribution in [3.8, 4) is 5.75 Å². The van der Waals surface area contributed by atoms with Gasteiger partial charge in [0.2, 0.25) is 0 Å². The van der Waals surface area contributed by atoms with E-state index >= 15 is 0 Å². The van der Waals surface area contributed by atoms with Crippen LogP contribution in [0.2, 0.25) is 0 Å². The van der Waals surface area contributed by atoms with Crippen LogP contribution in [0.1, 0.15) is 24.7 Å². The van der Waals surface area contributed by atoms with E-state index in [2.05, 4.69) is 10.6 Å². The lowest BCUT2D eigenvalue weighted by Crippen LogP contribution is -2.41. The van der Waals surface area contributed by atoms with Crippen LogP contribution in [0, 0.1) is 0 Å². The number of benzene rings is 1. The first-order chi connectivity index (χ1) is 13.1. The Morgan fingerprint density at radius 1 is 1.11 bits per heavy atom. The SMILES string of the molecule is CCOc1ccccc1CCC(=O)OCC(=O)NC(=O)NCc1ccco1. The van der Waals surface area contributed by atoms with Gasteiger partial charge < -0.3 is 19.2 Å². The normalized spacial score (nSPS) is 10.1. The molecule has 2 rings (SSSR count). The summed E-state index contributed by atoms with van der Waals surface area (Å²) in [4.78, 5) is 35.0. The van der Waals surface area contributed by atoms with Gasteiger partial charge in [-0.05, 0) is 37.1 Å². The lowest BCUT2D eigenvalue weighted by molar-refractivity contribution is -0.148. The molecule has 1 aromatic heterocycles. The summed E-state index contributed by atoms with van der Waals surface area (Å²) >= 11 is 0. The number of amides is 3. The van der Waals surface area contributed by atoms with E-state index in [0.29, 0.717) is 18.8 Å². The van der Waals surface area contributed by atoms with E-state index in [9.17, 15) is 14.4 Å². The number of hydrogen-bond donors (Lipinski definition) is 2. The highest BCUT2D eigenvalue weighted by Gasteiger charge is 2.12. The molecule has 2 N–H and O–H groups in total. The predicted octanol–water partition coefficient (Wildman–Crippen LogP) is 2.18. The number of hydrogen-bond acceptors (Lipinski definition) is 6. The molecule has 0 unspecified atom stereocenters. The molecule has 0 saturated carbocycles. The van der Waals surface area contributed by atoms with Gasteiger partial charge in [-0.3, -0.25) is 14.9 Å². The Balaban J connectivity index is 1.66. The minimum absolute atomic E-state index is 0.0993. The van der Waals surface area contributed by atoms with Crippen molar-refractivity contribution in [3.05, 3.63) is 54.0 Å². The standard InChI is InChI=1S/C19H22N2O6/c1-2-25-16-8-4-3-6-14(16)9-10-18(23)27-13-17(22)21-19(24)20-12-15-7-5-11-26-15/h3-8,11H,2,9-10,12-13H2,1H3,(H2,20,21,22,24). The first kappa shape index (κ1) is 20.0. The summed E-state index contributed by atoms with van der Waals surface area (Å²) < 4.78 is 15.4. The van der Waals surface area contributed by atoms with Crippen LogP contribution in [0.15, 0.2) is 47.1 Å². The second kappa shape index (κ2) is 10.6. The van der Waals surface area contributed by atoms with Gasteiger partial charge in [-0.2, -0.15) is 0 Å². The maximum atomic E-state index is 11.8. The van der Waals surface area contributed by atoms with Gasteiger partial charge in [0.1, 0.15) is 11.5 Å². The monoisotopic (exact) mass is 374 g/mol. The van der Waals surface area contributed by atoms with Crippen molar-refractivity contribution in [3.63, 3.8) is 0 Å². The summed E-state index contributed by atoms with van der Waals surface area (Å²) in [5, 5.41) is 4.52. The number of aryl methyl sites for hydroxylation is 1. The topological polar surface area (TPSA) is 107 Å². The molecule has 0 aliphatic carbocycles. The fraction of sp³-hybridized carbons (Fsp3) is 0.316. The van der Waals surface area contributed by atoms with Crippen molar-refractivity contribution < 1.29 is 28.3 Å². The minimum Gasteiger partial charge on any atom is -0.494 e. The van der Waals surface area contributed by atoms with Crippen LogP contribution in [-0.2, 0) is 27.3 Å². The molecule has 0 aliphatic rings. The lowest BCUT2D eigenvalue weighted by Gasteiger charge is -2.10. The summed E-state index contributed by atoms with van der Waals surface area (Å²) in [5.41, 5.74) is 0.887. The number of rotatable bonds is 9. The van der Waals surface area contributed by atoms with Crippen LogP contribution in [0.3, 0.4) is 0 Å². The maximum Gasteiger partial charge on any atom is 0.321 e. The van der Waals surface area contributed by atoms with E-state index in [1.54, 1.807) is 12.1 Å². The van der Waals surface area contributed by atoms with E-state index in [0.717, 1.165) is 11.3 Å². The first-order valence-electron chi connectivity index (χ1n) is 8.55. The molecule has 27 heavy (non-hydrogen) atoms. The Morgan fingerprint density at radius 3 is 2.67 bits per heavy atom. The van der Waals surface area contributed by atoms with Crippen molar-refractivity contribution in [2.45, 2.75) is 26.3 Å². The molecule has 0 aliphatic heterocycles. The molecular formula is C19H22N2O6. The van der Waals surface area contributed by atoms with Crippen LogP contribution in [0.4, 0.5) is 4.79 Å². The van der Waals surface area contributed by atoms with Crippen LogP contribution >= 0.6 is 0 Å². The Hall–Kier alpha value is -3.29. The smallest absolute Gasteiger partial charge is 0.321 e. The third kappa shape index (κ3) is 7.23. The molecule has 1 heterocycles. The fourth-order valence-electron chi connectivity index (χ4n) is 2.25. The zero-order valence-corrected chi connectivity index (χ0v) is 15.0. The molecule has 3 amide bonds. The third-order valence-corrected chi connectivity index (χ3v) is 3.49. The summed E-state index contributed by atoms with van der Waals surface area (Å²) in [5.74, 6) is 0.0255. The fourth-order valence-corrected chi connectivity index (χ4v) is 2.25. The van der Waals surface area contributed by atoms with E-state index in [1.807, 2.05) is 31.2 Å². The molecule has 1 aromatic carbocycles. The average molecular weight is 374 g/mol. The van der Waals surface area contributed by atoms with Crippen molar-refractivity contribution in [1.29, 1.82) is 0 Å². The highest BCUT2D eigenvalue weighted by atomic mass is 16.5. The predicted molar refractivity (Wildman–Crippen MR) is 96.0 cm³/mol. The molecule has 0 saturated heterocycles. The largest absolute Gasteiger partial charge is 0.494 e. The van der Waals surface area contributed by atoms with E-state index < -0.39 is 24.5 Å². The highest BCUT2D eigenvalue weighted by Crippen LogP contribution is 2.19. The van der Waals surface area contributed by atoms with E-state index in [1.165, 1.54) is 6.26 Å². The number of imide groups is 1. The summed E-state index contributed by atoms with van der Waals surface area (Å²) in [7, 11) is 0. The molecule has 8 nitrogen and oxygen atoms in total. The number of para-hydroxylation sites is 1. The number of carbonyl (C=O) groups is 3. The van der Waals surface area contributed by atoms with Crippen molar-refractivity contribution >= 4 is 17.9 Å². The maximum absolute atomic E-state index is 11.8. The molecular weight excluding hydrogens is 352 g/mol. The van der Waals surface area contributed by atoms with E-state index in [4.69, 9.17) is 13.9 Å². The third-order valence-electron chi connectivity index (χ3n) is 3.49. The number of carbonyl (C=O) groups excluding carboxylic acids is 3. The molecule has 0 spiro atoms. The van der Waals surface area contributed by atoms with Gasteiger partial charge in [0.25, 0.3) is 5.91 Å². The molecule has 2 aromatic rings. The van der Waals surface area contributed by atoms with Crippen LogP contribution in [0.25, 0.3) is 0 Å². The Bertz CT molecular complexity index is 757. The zero-order valence-electron chi connectivity index (χ0n) is 15.0. The molecule has 8 heteroatoms. The van der Waals surface area contributed by atoms with Crippen molar-refractivity contribution in [2.24, 2.45) is 0 Å². The van der Waals surface area contributed by atoms with E-state index in [-0.39, 0.29) is 13.0 Å². The molecule has 0 radical (unpaired) electrons. The lowest BCUT2D eigenvalue weighted by atomic mass is 10.1. The Kier molecular flexibility index (Phi) is 7.90. The van der Waals surface area contributed by atoms with Crippen molar-refractivity contribution in [2.75, 3.05) is 13.2 Å². The van der Waals surface area contributed by atoms with Crippen molar-refractivity contribution in [1.82, 2.24) is 10.6 Å². The second-order valence-electron chi connectivity index (χ2n) is 5.51. The first-order valence-corrected chi connectivity index (χ1v) is 8.55. The minimum atomic E-state index is -0.713. The second-order valence-corrected chi connectivity index (χ2v) is 5.51. The highest BCUT2D eigenvalue weighted by molar-refractivity contribution is 5.95. The van der Waals surface area contributed by atoms with Gasteiger partial charge in [-0.15, -0.1) is 0 Å². The molecule has 0 atom stereocenters. The summed E-state index contributed by atoms with van der Waals surface area (Å²) in [6.07, 6.45) is 2.01. The number of ether oxygens (including phenoxy) is 2. The summed E-state index contributed by atoms with van der Waals surface area (Å²) in [6.45, 7) is 2.03. The molecule has 0 fully saturated rings. The van der Waals surface area contributed by atoms with Crippen LogP contribution < -0.4 is 15.4 Å². The summed E-state index contributed by atoms with van der Waals surface area (Å²) in [6, 6.07) is 10.1. The van der Waals surface area contributed by atoms with Crippen LogP contribution in [0.5, 0.6) is 5.75 Å². The van der Waals surface area contributed by atoms with Crippen LogP contribution in [-0.4, -0.2) is 31.1 Å². The Labute approximate surface area is 156 Å². The van der Waals surface area contributed by atoms with Gasteiger partial charge >= 0.3 is 12.0 Å². The van der Waals surface area contributed by atoms with Gasteiger partial charge in [0.15, 0.2) is 6.61 Å². The van der Waals surface area contributed by atoms with Gasteiger partial charge in [0.05, 0.1) is 19.4 Å². The zero-order chi connectivity index (χ0) is 19.5. The van der Waals surface area contributed by atoms with Gasteiger partial charge in [-0.25, -0.2) is 4.79 Å². The Morgan fingerprint density at radius 2 is 1.93 bits per heavy atom. The van der Waals surface area contributed by atoms with Gasteiger partial charge in [-0.1, -0.05) is 18.2 Å². The molecule has 0 bridgehead atoms. The number of furan rings is 1. The number of esters is 1. The average Bonchev–Trinajstić information content (AvgIpc) is 3.18. The quantitative estimate of drug-likeness (QED) is 0.652.